The van der Waals surface area contributed by atoms with Gasteiger partial charge in [-0.05, 0) is 23.7 Å². The lowest BCUT2D eigenvalue weighted by molar-refractivity contribution is 0.796. The zero-order valence-corrected chi connectivity index (χ0v) is 11.7. The minimum atomic E-state index is 0.110. The minimum Gasteiger partial charge on any atom is -0.223 e. The summed E-state index contributed by atoms with van der Waals surface area (Å²) in [7, 11) is 0. The monoisotopic (exact) mass is 336 g/mol. The van der Waals surface area contributed by atoms with Crippen LogP contribution in [0.1, 0.15) is 0 Å². The second-order valence-corrected chi connectivity index (χ2v) is 4.83. The highest BCUT2D eigenvalue weighted by Gasteiger charge is 2.09. The third-order valence-corrected chi connectivity index (χ3v) is 3.02. The third-order valence-electron chi connectivity index (χ3n) is 2.32. The molecule has 0 bridgehead atoms. The highest BCUT2D eigenvalue weighted by atomic mass is 79.9. The maximum Gasteiger partial charge on any atom is 0.256 e. The van der Waals surface area contributed by atoms with E-state index in [0.29, 0.717) is 11.8 Å². The third kappa shape index (κ3) is 2.61. The van der Waals surface area contributed by atoms with Crippen molar-refractivity contribution in [3.63, 3.8) is 0 Å². The molecular formula is C11H6BrClN6. The van der Waals surface area contributed by atoms with E-state index < -0.39 is 0 Å². The van der Waals surface area contributed by atoms with Crippen molar-refractivity contribution in [2.24, 2.45) is 0 Å². The molecular weight excluding hydrogens is 332 g/mol. The Morgan fingerprint density at radius 3 is 2.53 bits per heavy atom. The van der Waals surface area contributed by atoms with E-state index in [1.807, 2.05) is 24.3 Å². The molecule has 94 valence electrons. The van der Waals surface area contributed by atoms with Crippen LogP contribution in [0.2, 0.25) is 5.28 Å². The number of rotatable bonds is 2. The lowest BCUT2D eigenvalue weighted by atomic mass is 10.2. The lowest BCUT2D eigenvalue weighted by Gasteiger charge is -2.03. The van der Waals surface area contributed by atoms with Crippen LogP contribution in [0.5, 0.6) is 0 Å². The lowest BCUT2D eigenvalue weighted by Crippen LogP contribution is -2.05. The molecule has 0 aliphatic heterocycles. The Hall–Kier alpha value is -1.86. The molecule has 0 unspecified atom stereocenters. The van der Waals surface area contributed by atoms with Crippen molar-refractivity contribution in [1.82, 2.24) is 29.7 Å². The fourth-order valence-corrected chi connectivity index (χ4v) is 1.90. The number of aromatic nitrogens is 6. The average Bonchev–Trinajstić information content (AvgIpc) is 2.93. The first-order valence-electron chi connectivity index (χ1n) is 5.25. The van der Waals surface area contributed by atoms with E-state index in [1.165, 1.54) is 17.3 Å². The summed E-state index contributed by atoms with van der Waals surface area (Å²) >= 11 is 9.29. The first-order chi connectivity index (χ1) is 9.22. The van der Waals surface area contributed by atoms with Gasteiger partial charge < -0.3 is 0 Å². The molecule has 0 radical (unpaired) electrons. The molecule has 2 aromatic heterocycles. The van der Waals surface area contributed by atoms with Gasteiger partial charge in [0, 0.05) is 10.0 Å². The van der Waals surface area contributed by atoms with E-state index in [2.05, 4.69) is 41.0 Å². The van der Waals surface area contributed by atoms with Crippen LogP contribution in [0.15, 0.2) is 41.4 Å². The Bertz CT molecular complexity index is 698. The average molecular weight is 338 g/mol. The topological polar surface area (TPSA) is 69.4 Å². The van der Waals surface area contributed by atoms with Gasteiger partial charge in [-0.2, -0.15) is 24.7 Å². The SMILES string of the molecule is Clc1nc(-c2ccc(Br)cc2)nc(-n2cncn2)n1. The van der Waals surface area contributed by atoms with Crippen molar-refractivity contribution < 1.29 is 0 Å². The summed E-state index contributed by atoms with van der Waals surface area (Å²) in [5, 5.41) is 4.07. The van der Waals surface area contributed by atoms with E-state index in [0.717, 1.165) is 10.0 Å². The van der Waals surface area contributed by atoms with Crippen LogP contribution in [-0.2, 0) is 0 Å². The summed E-state index contributed by atoms with van der Waals surface area (Å²) in [5.41, 5.74) is 0.842. The van der Waals surface area contributed by atoms with Gasteiger partial charge in [-0.15, -0.1) is 0 Å². The normalized spacial score (nSPS) is 10.6. The summed E-state index contributed by atoms with van der Waals surface area (Å²) in [6.45, 7) is 0. The fraction of sp³-hybridized carbons (Fsp3) is 0. The second-order valence-electron chi connectivity index (χ2n) is 3.57. The van der Waals surface area contributed by atoms with Gasteiger partial charge in [0.05, 0.1) is 0 Å². The largest absolute Gasteiger partial charge is 0.256 e. The van der Waals surface area contributed by atoms with Crippen molar-refractivity contribution in [1.29, 1.82) is 0 Å². The highest BCUT2D eigenvalue weighted by Crippen LogP contribution is 2.20. The molecule has 3 aromatic rings. The molecule has 0 atom stereocenters. The van der Waals surface area contributed by atoms with Crippen LogP contribution in [0.3, 0.4) is 0 Å². The predicted octanol–water partition coefficient (Wildman–Crippen LogP) is 2.54. The molecule has 2 heterocycles. The number of nitrogens with zero attached hydrogens (tertiary/aromatic N) is 6. The predicted molar refractivity (Wildman–Crippen MR) is 72.9 cm³/mol. The molecule has 19 heavy (non-hydrogen) atoms. The van der Waals surface area contributed by atoms with Gasteiger partial charge in [-0.3, -0.25) is 0 Å². The molecule has 3 rings (SSSR count). The van der Waals surface area contributed by atoms with Crippen LogP contribution in [0, 0.1) is 0 Å². The summed E-state index contributed by atoms with van der Waals surface area (Å²) in [5.74, 6) is 0.813. The Balaban J connectivity index is 2.10. The molecule has 0 aliphatic carbocycles. The Kier molecular flexibility index (Phi) is 3.22. The molecule has 6 nitrogen and oxygen atoms in total. The summed E-state index contributed by atoms with van der Waals surface area (Å²) in [6.07, 6.45) is 2.90. The van der Waals surface area contributed by atoms with E-state index >= 15 is 0 Å². The van der Waals surface area contributed by atoms with Gasteiger partial charge in [0.1, 0.15) is 12.7 Å². The zero-order valence-electron chi connectivity index (χ0n) is 9.40. The van der Waals surface area contributed by atoms with Gasteiger partial charge in [-0.25, -0.2) is 4.98 Å². The Labute approximate surface area is 121 Å². The molecule has 1 aromatic carbocycles. The van der Waals surface area contributed by atoms with Gasteiger partial charge in [0.15, 0.2) is 5.82 Å². The van der Waals surface area contributed by atoms with Crippen molar-refractivity contribution >= 4 is 27.5 Å². The van der Waals surface area contributed by atoms with Crippen LogP contribution in [-0.4, -0.2) is 29.7 Å². The smallest absolute Gasteiger partial charge is 0.223 e. The molecule has 0 saturated heterocycles. The second kappa shape index (κ2) is 5.02. The number of hydrogen-bond acceptors (Lipinski definition) is 5. The van der Waals surface area contributed by atoms with Gasteiger partial charge in [-0.1, -0.05) is 28.1 Å². The minimum absolute atomic E-state index is 0.110. The van der Waals surface area contributed by atoms with Crippen LogP contribution in [0.25, 0.3) is 17.3 Å². The summed E-state index contributed by atoms with van der Waals surface area (Å²) < 4.78 is 2.41. The molecule has 0 fully saturated rings. The van der Waals surface area contributed by atoms with Crippen molar-refractivity contribution in [3.8, 4) is 17.3 Å². The standard InChI is InChI=1S/C11H6BrClN6/c12-8-3-1-7(2-4-8)9-16-10(13)18-11(17-9)19-6-14-5-15-19/h1-6H. The Morgan fingerprint density at radius 1 is 1.05 bits per heavy atom. The van der Waals surface area contributed by atoms with Gasteiger partial charge in [0.2, 0.25) is 5.28 Å². The van der Waals surface area contributed by atoms with Crippen LogP contribution >= 0.6 is 27.5 Å². The van der Waals surface area contributed by atoms with Crippen LogP contribution in [0.4, 0.5) is 0 Å². The van der Waals surface area contributed by atoms with E-state index in [-0.39, 0.29) is 5.28 Å². The number of halogens is 2. The number of benzene rings is 1. The molecule has 8 heteroatoms. The van der Waals surface area contributed by atoms with E-state index in [1.54, 1.807) is 0 Å². The quantitative estimate of drug-likeness (QED) is 0.719. The summed E-state index contributed by atoms with van der Waals surface area (Å²) in [4.78, 5) is 16.3. The van der Waals surface area contributed by atoms with E-state index in [4.69, 9.17) is 11.6 Å². The molecule has 0 N–H and O–H groups in total. The number of hydrogen-bond donors (Lipinski definition) is 0. The van der Waals surface area contributed by atoms with Crippen molar-refractivity contribution in [2.45, 2.75) is 0 Å². The van der Waals surface area contributed by atoms with Gasteiger partial charge >= 0.3 is 0 Å². The van der Waals surface area contributed by atoms with Crippen LogP contribution < -0.4 is 0 Å². The van der Waals surface area contributed by atoms with Crippen molar-refractivity contribution in [3.05, 3.63) is 46.7 Å². The van der Waals surface area contributed by atoms with Gasteiger partial charge in [0.25, 0.3) is 5.95 Å². The maximum atomic E-state index is 5.92. The first-order valence-corrected chi connectivity index (χ1v) is 6.42. The molecule has 0 aliphatic rings. The molecule has 0 spiro atoms. The van der Waals surface area contributed by atoms with Crippen molar-refractivity contribution in [2.75, 3.05) is 0 Å². The van der Waals surface area contributed by atoms with E-state index in [9.17, 15) is 0 Å². The Morgan fingerprint density at radius 2 is 1.84 bits per heavy atom. The highest BCUT2D eigenvalue weighted by molar-refractivity contribution is 9.10. The molecule has 0 saturated carbocycles. The first kappa shape index (κ1) is 12.2. The molecule has 0 amide bonds. The fourth-order valence-electron chi connectivity index (χ4n) is 1.48. The zero-order chi connectivity index (χ0) is 13.2. The maximum absolute atomic E-state index is 5.92. The summed E-state index contributed by atoms with van der Waals surface area (Å²) in [6, 6.07) is 7.59.